The Morgan fingerprint density at radius 2 is 1.89 bits per heavy atom. The molecule has 2 aliphatic rings. The van der Waals surface area contributed by atoms with Crippen molar-refractivity contribution in [3.05, 3.63) is 17.5 Å². The Labute approximate surface area is 163 Å². The van der Waals surface area contributed by atoms with E-state index in [4.69, 9.17) is 9.84 Å². The van der Waals surface area contributed by atoms with Gasteiger partial charge in [-0.2, -0.15) is 5.10 Å². The number of nitrogens with zero attached hydrogens (tertiary/aromatic N) is 4. The van der Waals surface area contributed by atoms with Crippen LogP contribution in [0, 0.1) is 6.92 Å². The van der Waals surface area contributed by atoms with E-state index in [9.17, 15) is 4.79 Å². The third kappa shape index (κ3) is 6.04. The molecule has 0 atom stereocenters. The molecule has 1 amide bonds. The molecule has 1 aromatic rings. The van der Waals surface area contributed by atoms with E-state index in [0.29, 0.717) is 12.6 Å². The number of carbonyl (C=O) groups is 1. The first-order valence-electron chi connectivity index (χ1n) is 10.7. The predicted molar refractivity (Wildman–Crippen MR) is 107 cm³/mol. The van der Waals surface area contributed by atoms with Gasteiger partial charge in [-0.25, -0.2) is 0 Å². The van der Waals surface area contributed by atoms with Crippen molar-refractivity contribution in [2.24, 2.45) is 0 Å². The smallest absolute Gasteiger partial charge is 0.219 e. The number of hydrogen-bond acceptors (Lipinski definition) is 4. The lowest BCUT2D eigenvalue weighted by Crippen LogP contribution is -2.48. The summed E-state index contributed by atoms with van der Waals surface area (Å²) in [5, 5.41) is 4.80. The Morgan fingerprint density at radius 1 is 1.15 bits per heavy atom. The molecule has 2 fully saturated rings. The number of aryl methyl sites for hydroxylation is 1. The molecule has 2 heterocycles. The molecule has 0 aromatic carbocycles. The van der Waals surface area contributed by atoms with Crippen molar-refractivity contribution >= 4 is 5.91 Å². The molecule has 0 bridgehead atoms. The molecule has 27 heavy (non-hydrogen) atoms. The van der Waals surface area contributed by atoms with E-state index in [1.807, 2.05) is 4.90 Å². The Morgan fingerprint density at radius 3 is 2.59 bits per heavy atom. The maximum Gasteiger partial charge on any atom is 0.219 e. The van der Waals surface area contributed by atoms with E-state index < -0.39 is 0 Å². The van der Waals surface area contributed by atoms with Crippen LogP contribution in [0.3, 0.4) is 0 Å². The SMILES string of the molecule is CC(=O)N1CCN(CCCCOCc2cc(C)n(C3CCCCC3)n2)CC1. The summed E-state index contributed by atoms with van der Waals surface area (Å²) in [6.45, 7) is 10.1. The molecule has 1 saturated carbocycles. The topological polar surface area (TPSA) is 50.6 Å². The summed E-state index contributed by atoms with van der Waals surface area (Å²) in [6.07, 6.45) is 8.80. The van der Waals surface area contributed by atoms with Crippen LogP contribution in [0.5, 0.6) is 0 Å². The van der Waals surface area contributed by atoms with Crippen molar-refractivity contribution in [3.63, 3.8) is 0 Å². The fourth-order valence-electron chi connectivity index (χ4n) is 4.32. The van der Waals surface area contributed by atoms with E-state index in [-0.39, 0.29) is 5.91 Å². The van der Waals surface area contributed by atoms with E-state index in [0.717, 1.165) is 57.9 Å². The first-order valence-corrected chi connectivity index (χ1v) is 10.7. The second-order valence-electron chi connectivity index (χ2n) is 8.12. The summed E-state index contributed by atoms with van der Waals surface area (Å²) in [5.41, 5.74) is 2.34. The monoisotopic (exact) mass is 376 g/mol. The van der Waals surface area contributed by atoms with Crippen molar-refractivity contribution in [2.45, 2.75) is 71.4 Å². The molecular formula is C21H36N4O2. The maximum atomic E-state index is 11.4. The molecule has 1 aliphatic carbocycles. The summed E-state index contributed by atoms with van der Waals surface area (Å²) in [7, 11) is 0. The minimum atomic E-state index is 0.198. The average molecular weight is 377 g/mol. The van der Waals surface area contributed by atoms with Gasteiger partial charge in [0.15, 0.2) is 0 Å². The molecule has 1 aliphatic heterocycles. The van der Waals surface area contributed by atoms with Crippen molar-refractivity contribution in [1.29, 1.82) is 0 Å². The Kier molecular flexibility index (Phi) is 7.70. The lowest BCUT2D eigenvalue weighted by Gasteiger charge is -2.34. The summed E-state index contributed by atoms with van der Waals surface area (Å²) < 4.78 is 8.10. The highest BCUT2D eigenvalue weighted by Crippen LogP contribution is 2.28. The Bertz CT molecular complexity index is 587. The fourth-order valence-corrected chi connectivity index (χ4v) is 4.32. The third-order valence-electron chi connectivity index (χ3n) is 5.97. The van der Waals surface area contributed by atoms with Gasteiger partial charge in [-0.15, -0.1) is 0 Å². The largest absolute Gasteiger partial charge is 0.375 e. The lowest BCUT2D eigenvalue weighted by molar-refractivity contribution is -0.130. The number of aromatic nitrogens is 2. The van der Waals surface area contributed by atoms with Gasteiger partial charge in [0.2, 0.25) is 5.91 Å². The Hall–Kier alpha value is -1.40. The summed E-state index contributed by atoms with van der Waals surface area (Å²) >= 11 is 0. The molecule has 0 spiro atoms. The predicted octanol–water partition coefficient (Wildman–Crippen LogP) is 3.16. The second-order valence-corrected chi connectivity index (χ2v) is 8.12. The number of carbonyl (C=O) groups excluding carboxylic acids is 1. The zero-order chi connectivity index (χ0) is 19.1. The lowest BCUT2D eigenvalue weighted by atomic mass is 9.95. The van der Waals surface area contributed by atoms with Crippen LogP contribution < -0.4 is 0 Å². The van der Waals surface area contributed by atoms with Crippen LogP contribution in [0.1, 0.15) is 69.3 Å². The second kappa shape index (κ2) is 10.2. The molecule has 6 nitrogen and oxygen atoms in total. The van der Waals surface area contributed by atoms with Crippen LogP contribution in [-0.4, -0.2) is 64.8 Å². The molecule has 1 aromatic heterocycles. The summed E-state index contributed by atoms with van der Waals surface area (Å²) in [6, 6.07) is 2.78. The number of hydrogen-bond donors (Lipinski definition) is 0. The fraction of sp³-hybridized carbons (Fsp3) is 0.810. The Balaban J connectivity index is 1.28. The van der Waals surface area contributed by atoms with Crippen LogP contribution in [0.2, 0.25) is 0 Å². The highest BCUT2D eigenvalue weighted by atomic mass is 16.5. The molecule has 1 saturated heterocycles. The van der Waals surface area contributed by atoms with Gasteiger partial charge in [0.25, 0.3) is 0 Å². The maximum absolute atomic E-state index is 11.4. The van der Waals surface area contributed by atoms with Gasteiger partial charge in [0.1, 0.15) is 0 Å². The highest BCUT2D eigenvalue weighted by molar-refractivity contribution is 5.73. The number of rotatable bonds is 8. The number of unbranched alkanes of at least 4 members (excludes halogenated alkanes) is 1. The van der Waals surface area contributed by atoms with E-state index in [1.54, 1.807) is 6.92 Å². The highest BCUT2D eigenvalue weighted by Gasteiger charge is 2.19. The van der Waals surface area contributed by atoms with Crippen LogP contribution in [0.15, 0.2) is 6.07 Å². The molecule has 0 N–H and O–H groups in total. The number of piperazine rings is 1. The quantitative estimate of drug-likeness (QED) is 0.654. The normalized spacial score (nSPS) is 19.6. The van der Waals surface area contributed by atoms with Crippen molar-refractivity contribution in [3.8, 4) is 0 Å². The van der Waals surface area contributed by atoms with Gasteiger partial charge in [-0.3, -0.25) is 14.4 Å². The summed E-state index contributed by atoms with van der Waals surface area (Å²) in [4.78, 5) is 15.7. The van der Waals surface area contributed by atoms with Gasteiger partial charge < -0.3 is 9.64 Å². The van der Waals surface area contributed by atoms with Gasteiger partial charge >= 0.3 is 0 Å². The van der Waals surface area contributed by atoms with E-state index in [1.165, 1.54) is 37.8 Å². The zero-order valence-electron chi connectivity index (χ0n) is 17.2. The summed E-state index contributed by atoms with van der Waals surface area (Å²) in [5.74, 6) is 0.198. The first-order chi connectivity index (χ1) is 13.1. The minimum absolute atomic E-state index is 0.198. The van der Waals surface area contributed by atoms with Gasteiger partial charge in [0, 0.05) is 45.4 Å². The van der Waals surface area contributed by atoms with E-state index in [2.05, 4.69) is 22.6 Å². The average Bonchev–Trinajstić information content (AvgIpc) is 3.06. The van der Waals surface area contributed by atoms with Crippen LogP contribution in [0.4, 0.5) is 0 Å². The van der Waals surface area contributed by atoms with E-state index >= 15 is 0 Å². The number of amides is 1. The third-order valence-corrected chi connectivity index (χ3v) is 5.97. The molecule has 152 valence electrons. The van der Waals surface area contributed by atoms with Crippen LogP contribution in [0.25, 0.3) is 0 Å². The van der Waals surface area contributed by atoms with Crippen molar-refractivity contribution in [2.75, 3.05) is 39.3 Å². The van der Waals surface area contributed by atoms with Gasteiger partial charge in [0.05, 0.1) is 18.3 Å². The van der Waals surface area contributed by atoms with Gasteiger partial charge in [-0.1, -0.05) is 19.3 Å². The minimum Gasteiger partial charge on any atom is -0.375 e. The number of ether oxygens (including phenoxy) is 1. The van der Waals surface area contributed by atoms with Crippen LogP contribution >= 0.6 is 0 Å². The molecule has 0 radical (unpaired) electrons. The molecule has 0 unspecified atom stereocenters. The molecule has 6 heteroatoms. The standard InChI is InChI=1S/C21H36N4O2/c1-18-16-20(22-25(18)21-8-4-3-5-9-21)17-27-15-7-6-10-23-11-13-24(14-12-23)19(2)26/h16,21H,3-15,17H2,1-2H3. The van der Waals surface area contributed by atoms with Crippen molar-refractivity contribution < 1.29 is 9.53 Å². The van der Waals surface area contributed by atoms with Crippen molar-refractivity contribution in [1.82, 2.24) is 19.6 Å². The first kappa shape index (κ1) is 20.3. The van der Waals surface area contributed by atoms with Crippen LogP contribution in [-0.2, 0) is 16.1 Å². The zero-order valence-corrected chi connectivity index (χ0v) is 17.2. The molecule has 3 rings (SSSR count). The molecular weight excluding hydrogens is 340 g/mol. The van der Waals surface area contributed by atoms with Gasteiger partial charge in [-0.05, 0) is 45.2 Å².